The third-order valence-corrected chi connectivity index (χ3v) is 6.88. The van der Waals surface area contributed by atoms with Gasteiger partial charge in [0.15, 0.2) is 0 Å². The van der Waals surface area contributed by atoms with Gasteiger partial charge in [-0.1, -0.05) is 19.1 Å². The summed E-state index contributed by atoms with van der Waals surface area (Å²) in [4.78, 5) is 28.3. The number of rotatable bonds is 8. The fraction of sp³-hybridized carbons (Fsp3) is 0.522. The van der Waals surface area contributed by atoms with Gasteiger partial charge in [0.2, 0.25) is 0 Å². The molecule has 1 aromatic carbocycles. The average molecular weight is 446 g/mol. The van der Waals surface area contributed by atoms with E-state index in [9.17, 15) is 14.0 Å². The molecule has 0 saturated carbocycles. The van der Waals surface area contributed by atoms with Crippen molar-refractivity contribution in [2.24, 2.45) is 5.92 Å². The zero-order chi connectivity index (χ0) is 22.9. The minimum atomic E-state index is -1.34. The average Bonchev–Trinajstić information content (AvgIpc) is 3.34. The zero-order valence-electron chi connectivity index (χ0n) is 18.0. The Labute approximate surface area is 185 Å². The summed E-state index contributed by atoms with van der Waals surface area (Å²) >= 11 is 0. The van der Waals surface area contributed by atoms with Crippen LogP contribution in [0.15, 0.2) is 30.7 Å². The van der Waals surface area contributed by atoms with Crippen molar-refractivity contribution >= 4 is 12.4 Å². The summed E-state index contributed by atoms with van der Waals surface area (Å²) in [5.41, 5.74) is 0.966. The number of carbonyl (C=O) groups excluding carboxylic acids is 1. The highest BCUT2D eigenvalue weighted by Crippen LogP contribution is 2.44. The Morgan fingerprint density at radius 2 is 2.16 bits per heavy atom. The molecule has 3 unspecified atom stereocenters. The molecule has 2 aromatic rings. The van der Waals surface area contributed by atoms with Gasteiger partial charge in [-0.05, 0) is 37.7 Å². The summed E-state index contributed by atoms with van der Waals surface area (Å²) in [6.45, 7) is 3.39. The molecule has 2 aliphatic heterocycles. The van der Waals surface area contributed by atoms with Gasteiger partial charge in [0, 0.05) is 30.8 Å². The second-order valence-electron chi connectivity index (χ2n) is 8.98. The summed E-state index contributed by atoms with van der Waals surface area (Å²) in [5, 5.41) is 11.1. The van der Waals surface area contributed by atoms with Gasteiger partial charge in [-0.3, -0.25) is 0 Å². The first-order valence-corrected chi connectivity index (χ1v) is 11.0. The summed E-state index contributed by atoms with van der Waals surface area (Å²) in [6.07, 6.45) is 4.28. The number of hydrogen-bond donors (Lipinski definition) is 2. The van der Waals surface area contributed by atoms with Crippen LogP contribution >= 0.6 is 0 Å². The third kappa shape index (κ3) is 4.39. The highest BCUT2D eigenvalue weighted by atomic mass is 19.1. The predicted molar refractivity (Wildman–Crippen MR) is 115 cm³/mol. The van der Waals surface area contributed by atoms with Crippen LogP contribution in [0.5, 0.6) is 0 Å². The Morgan fingerprint density at radius 1 is 1.41 bits per heavy atom. The van der Waals surface area contributed by atoms with E-state index in [1.54, 1.807) is 25.5 Å². The summed E-state index contributed by atoms with van der Waals surface area (Å²) in [6, 6.07) is 3.96. The first-order chi connectivity index (χ1) is 15.3. The molecule has 9 heteroatoms. The number of aromatic nitrogens is 2. The molecule has 0 spiro atoms. The number of carbonyl (C=O) groups is 2. The Balaban J connectivity index is 1.35. The maximum atomic E-state index is 15.6. The van der Waals surface area contributed by atoms with Crippen molar-refractivity contribution in [3.8, 4) is 11.3 Å². The molecule has 0 bridgehead atoms. The van der Waals surface area contributed by atoms with E-state index in [4.69, 9.17) is 5.11 Å². The van der Waals surface area contributed by atoms with Crippen molar-refractivity contribution in [2.45, 2.75) is 50.4 Å². The SMILES string of the molecule is CC(CN1CCC(F)(CCC2c3c(F)cccc3-c3cncn32)CC1)C(C=O)NC(=O)O. The molecule has 1 fully saturated rings. The number of carboxylic acid groups (broad SMARTS) is 1. The van der Waals surface area contributed by atoms with Gasteiger partial charge in [0.25, 0.3) is 0 Å². The first-order valence-electron chi connectivity index (χ1n) is 11.0. The summed E-state index contributed by atoms with van der Waals surface area (Å²) in [7, 11) is 0. The number of likely N-dealkylation sites (tertiary alicyclic amines) is 1. The Hall–Kier alpha value is -2.81. The van der Waals surface area contributed by atoms with E-state index in [2.05, 4.69) is 15.2 Å². The zero-order valence-corrected chi connectivity index (χ0v) is 18.0. The largest absolute Gasteiger partial charge is 0.465 e. The molecule has 0 radical (unpaired) electrons. The lowest BCUT2D eigenvalue weighted by atomic mass is 9.85. The van der Waals surface area contributed by atoms with E-state index in [1.165, 1.54) is 6.07 Å². The van der Waals surface area contributed by atoms with Crippen LogP contribution in [-0.2, 0) is 4.79 Å². The van der Waals surface area contributed by atoms with Crippen molar-refractivity contribution in [3.63, 3.8) is 0 Å². The van der Waals surface area contributed by atoms with Crippen molar-refractivity contribution < 1.29 is 23.5 Å². The van der Waals surface area contributed by atoms with E-state index in [0.29, 0.717) is 57.2 Å². The monoisotopic (exact) mass is 446 g/mol. The Morgan fingerprint density at radius 3 is 2.84 bits per heavy atom. The summed E-state index contributed by atoms with van der Waals surface area (Å²) < 4.78 is 32.1. The molecular weight excluding hydrogens is 418 g/mol. The number of nitrogens with one attached hydrogen (secondary N) is 1. The van der Waals surface area contributed by atoms with E-state index in [0.717, 1.165) is 11.3 Å². The van der Waals surface area contributed by atoms with E-state index in [-0.39, 0.29) is 17.8 Å². The predicted octanol–water partition coefficient (Wildman–Crippen LogP) is 3.65. The lowest BCUT2D eigenvalue weighted by molar-refractivity contribution is -0.110. The number of alkyl halides is 1. The van der Waals surface area contributed by atoms with Gasteiger partial charge < -0.3 is 24.7 Å². The molecule has 3 heterocycles. The number of halogens is 2. The maximum Gasteiger partial charge on any atom is 0.405 e. The Bertz CT molecular complexity index is 987. The van der Waals surface area contributed by atoms with Crippen LogP contribution in [0.2, 0.25) is 0 Å². The smallest absolute Gasteiger partial charge is 0.405 e. The Kier molecular flexibility index (Phi) is 6.28. The highest BCUT2D eigenvalue weighted by molar-refractivity contribution is 5.71. The summed E-state index contributed by atoms with van der Waals surface area (Å²) in [5.74, 6) is -0.485. The minimum Gasteiger partial charge on any atom is -0.465 e. The minimum absolute atomic E-state index is 0.215. The number of nitrogens with zero attached hydrogens (tertiary/aromatic N) is 3. The van der Waals surface area contributed by atoms with Crippen LogP contribution in [0.1, 0.15) is 44.2 Å². The van der Waals surface area contributed by atoms with Crippen LogP contribution in [0.25, 0.3) is 11.3 Å². The molecule has 32 heavy (non-hydrogen) atoms. The maximum absolute atomic E-state index is 15.6. The van der Waals surface area contributed by atoms with Gasteiger partial charge in [-0.25, -0.2) is 18.6 Å². The third-order valence-electron chi connectivity index (χ3n) is 6.88. The van der Waals surface area contributed by atoms with E-state index < -0.39 is 17.8 Å². The lowest BCUT2D eigenvalue weighted by Crippen LogP contribution is -2.48. The van der Waals surface area contributed by atoms with Crippen molar-refractivity contribution in [3.05, 3.63) is 42.1 Å². The molecule has 172 valence electrons. The molecular formula is C23H28F2N4O3. The number of piperidine rings is 1. The van der Waals surface area contributed by atoms with Crippen LogP contribution in [0.3, 0.4) is 0 Å². The number of fused-ring (bicyclic) bond motifs is 3. The lowest BCUT2D eigenvalue weighted by Gasteiger charge is -2.38. The number of imidazole rings is 1. The van der Waals surface area contributed by atoms with Crippen molar-refractivity contribution in [2.75, 3.05) is 19.6 Å². The number of benzene rings is 1. The van der Waals surface area contributed by atoms with E-state index in [1.807, 2.05) is 10.6 Å². The van der Waals surface area contributed by atoms with Crippen LogP contribution in [0, 0.1) is 11.7 Å². The van der Waals surface area contributed by atoms with Crippen LogP contribution in [-0.4, -0.2) is 63.3 Å². The van der Waals surface area contributed by atoms with Crippen molar-refractivity contribution in [1.29, 1.82) is 0 Å². The molecule has 1 aromatic heterocycles. The van der Waals surface area contributed by atoms with Gasteiger partial charge >= 0.3 is 6.09 Å². The molecule has 3 atom stereocenters. The van der Waals surface area contributed by atoms with Gasteiger partial charge in [-0.15, -0.1) is 0 Å². The standard InChI is InChI=1S/C23H28F2N4O3/c1-15(18(13-30)27-22(31)32)12-28-9-7-23(25,8-10-28)6-5-19-21-16(3-2-4-17(21)24)20-11-26-14-29(19)20/h2-4,11,13-15,18-19,27H,5-10,12H2,1H3,(H,31,32). The van der Waals surface area contributed by atoms with Gasteiger partial charge in [0.1, 0.15) is 17.8 Å². The van der Waals surface area contributed by atoms with Crippen LogP contribution < -0.4 is 5.32 Å². The number of aldehydes is 1. The number of hydrogen-bond acceptors (Lipinski definition) is 4. The topological polar surface area (TPSA) is 87.5 Å². The quantitative estimate of drug-likeness (QED) is 0.605. The van der Waals surface area contributed by atoms with Crippen molar-refractivity contribution in [1.82, 2.24) is 19.8 Å². The second kappa shape index (κ2) is 8.97. The number of amides is 1. The molecule has 2 aliphatic rings. The normalized spacial score (nSPS) is 21.4. The van der Waals surface area contributed by atoms with Crippen LogP contribution in [0.4, 0.5) is 13.6 Å². The molecule has 0 aliphatic carbocycles. The van der Waals surface area contributed by atoms with E-state index >= 15 is 4.39 Å². The van der Waals surface area contributed by atoms with Gasteiger partial charge in [-0.2, -0.15) is 0 Å². The molecule has 7 nitrogen and oxygen atoms in total. The molecule has 1 saturated heterocycles. The second-order valence-corrected chi connectivity index (χ2v) is 8.98. The van der Waals surface area contributed by atoms with Gasteiger partial charge in [0.05, 0.1) is 30.3 Å². The molecule has 2 N–H and O–H groups in total. The molecule has 1 amide bonds. The molecule has 4 rings (SSSR count). The first kappa shape index (κ1) is 22.4. The fourth-order valence-corrected chi connectivity index (χ4v) is 5.04. The highest BCUT2D eigenvalue weighted by Gasteiger charge is 2.38. The fourth-order valence-electron chi connectivity index (χ4n) is 5.04.